The van der Waals surface area contributed by atoms with Gasteiger partial charge in [-0.05, 0) is 32.1 Å². The van der Waals surface area contributed by atoms with E-state index in [4.69, 9.17) is 15.2 Å². The molecular formula is C13H26N2O3. The van der Waals surface area contributed by atoms with Crippen LogP contribution in [0.1, 0.15) is 38.5 Å². The van der Waals surface area contributed by atoms with Crippen molar-refractivity contribution in [2.75, 3.05) is 26.9 Å². The van der Waals surface area contributed by atoms with Crippen LogP contribution in [-0.4, -0.2) is 44.9 Å². The van der Waals surface area contributed by atoms with Crippen molar-refractivity contribution in [3.05, 3.63) is 0 Å². The number of methoxy groups -OCH3 is 1. The van der Waals surface area contributed by atoms with Crippen molar-refractivity contribution in [2.24, 2.45) is 5.73 Å². The maximum Gasteiger partial charge on any atom is 0.222 e. The lowest BCUT2D eigenvalue weighted by Crippen LogP contribution is -2.31. The zero-order valence-electron chi connectivity index (χ0n) is 11.3. The molecule has 0 aromatic rings. The summed E-state index contributed by atoms with van der Waals surface area (Å²) in [6.45, 7) is 1.86. The van der Waals surface area contributed by atoms with Gasteiger partial charge in [0.1, 0.15) is 0 Å². The van der Waals surface area contributed by atoms with Crippen LogP contribution >= 0.6 is 0 Å². The molecule has 0 spiro atoms. The molecule has 0 aliphatic heterocycles. The Balaban J connectivity index is 1.90. The lowest BCUT2D eigenvalue weighted by atomic mass is 9.94. The van der Waals surface area contributed by atoms with Crippen molar-refractivity contribution in [2.45, 2.75) is 50.7 Å². The quantitative estimate of drug-likeness (QED) is 0.632. The molecule has 0 bridgehead atoms. The highest BCUT2D eigenvalue weighted by atomic mass is 16.5. The van der Waals surface area contributed by atoms with Gasteiger partial charge in [-0.15, -0.1) is 0 Å². The second kappa shape index (κ2) is 9.30. The Labute approximate surface area is 109 Å². The molecule has 18 heavy (non-hydrogen) atoms. The molecule has 1 fully saturated rings. The molecule has 0 unspecified atom stereocenters. The molecule has 0 atom stereocenters. The fourth-order valence-corrected chi connectivity index (χ4v) is 2.09. The van der Waals surface area contributed by atoms with Crippen molar-refractivity contribution in [1.29, 1.82) is 0 Å². The zero-order valence-corrected chi connectivity index (χ0v) is 11.3. The van der Waals surface area contributed by atoms with Crippen LogP contribution in [0.2, 0.25) is 0 Å². The van der Waals surface area contributed by atoms with Gasteiger partial charge in [0.2, 0.25) is 5.91 Å². The Kier molecular flexibility index (Phi) is 7.96. The summed E-state index contributed by atoms with van der Waals surface area (Å²) in [5, 5.41) is 2.84. The lowest BCUT2D eigenvalue weighted by Gasteiger charge is -2.26. The Morgan fingerprint density at radius 2 is 2.00 bits per heavy atom. The van der Waals surface area contributed by atoms with Crippen LogP contribution < -0.4 is 11.1 Å². The maximum atomic E-state index is 11.3. The highest BCUT2D eigenvalue weighted by Crippen LogP contribution is 2.19. The van der Waals surface area contributed by atoms with E-state index >= 15 is 0 Å². The summed E-state index contributed by atoms with van der Waals surface area (Å²) in [5.41, 5.74) is 5.83. The Bertz CT molecular complexity index is 228. The Morgan fingerprint density at radius 1 is 1.28 bits per heavy atom. The van der Waals surface area contributed by atoms with E-state index in [0.29, 0.717) is 38.3 Å². The number of hydrogen-bond donors (Lipinski definition) is 2. The highest BCUT2D eigenvalue weighted by Gasteiger charge is 2.18. The van der Waals surface area contributed by atoms with Crippen LogP contribution in [0.25, 0.3) is 0 Å². The molecule has 1 saturated carbocycles. The first-order chi connectivity index (χ1) is 8.72. The van der Waals surface area contributed by atoms with Crippen LogP contribution in [0, 0.1) is 0 Å². The van der Waals surface area contributed by atoms with Crippen LogP contribution in [0.15, 0.2) is 0 Å². The SMILES string of the molecule is COCCC(=O)NCCCOC1CCC(N)CC1. The van der Waals surface area contributed by atoms with Gasteiger partial charge in [0.15, 0.2) is 0 Å². The van der Waals surface area contributed by atoms with E-state index in [9.17, 15) is 4.79 Å². The van der Waals surface area contributed by atoms with Crippen molar-refractivity contribution < 1.29 is 14.3 Å². The number of rotatable bonds is 8. The van der Waals surface area contributed by atoms with Gasteiger partial charge in [0, 0.05) is 32.7 Å². The van der Waals surface area contributed by atoms with Crippen molar-refractivity contribution >= 4 is 5.91 Å². The van der Waals surface area contributed by atoms with E-state index in [0.717, 1.165) is 32.1 Å². The third kappa shape index (κ3) is 6.93. The van der Waals surface area contributed by atoms with Gasteiger partial charge in [-0.3, -0.25) is 4.79 Å². The first-order valence-corrected chi connectivity index (χ1v) is 6.85. The predicted molar refractivity (Wildman–Crippen MR) is 70.3 cm³/mol. The second-order valence-electron chi connectivity index (χ2n) is 4.85. The van der Waals surface area contributed by atoms with Crippen LogP contribution in [0.4, 0.5) is 0 Å². The summed E-state index contributed by atoms with van der Waals surface area (Å²) in [6, 6.07) is 0.366. The molecular weight excluding hydrogens is 232 g/mol. The number of ether oxygens (including phenoxy) is 2. The molecule has 0 aromatic heterocycles. The molecule has 0 radical (unpaired) electrons. The van der Waals surface area contributed by atoms with Crippen LogP contribution in [-0.2, 0) is 14.3 Å². The van der Waals surface area contributed by atoms with Gasteiger partial charge >= 0.3 is 0 Å². The number of amides is 1. The number of carbonyl (C=O) groups is 1. The third-order valence-electron chi connectivity index (χ3n) is 3.25. The number of hydrogen-bond acceptors (Lipinski definition) is 4. The largest absolute Gasteiger partial charge is 0.384 e. The summed E-state index contributed by atoms with van der Waals surface area (Å²) in [7, 11) is 1.59. The normalized spacial score (nSPS) is 23.9. The minimum absolute atomic E-state index is 0.0421. The van der Waals surface area contributed by atoms with E-state index in [1.54, 1.807) is 7.11 Å². The molecule has 1 aliphatic carbocycles. The van der Waals surface area contributed by atoms with Gasteiger partial charge in [-0.25, -0.2) is 0 Å². The number of nitrogens with two attached hydrogens (primary N) is 1. The summed E-state index contributed by atoms with van der Waals surface area (Å²) in [4.78, 5) is 11.3. The van der Waals surface area contributed by atoms with Crippen LogP contribution in [0.3, 0.4) is 0 Å². The first-order valence-electron chi connectivity index (χ1n) is 6.85. The molecule has 106 valence electrons. The third-order valence-corrected chi connectivity index (χ3v) is 3.25. The minimum atomic E-state index is 0.0421. The van der Waals surface area contributed by atoms with Gasteiger partial charge < -0.3 is 20.5 Å². The van der Waals surface area contributed by atoms with E-state index in [1.165, 1.54) is 0 Å². The molecule has 5 nitrogen and oxygen atoms in total. The average molecular weight is 258 g/mol. The van der Waals surface area contributed by atoms with Gasteiger partial charge in [-0.1, -0.05) is 0 Å². The molecule has 0 aromatic carbocycles. The maximum absolute atomic E-state index is 11.3. The summed E-state index contributed by atoms with van der Waals surface area (Å²) in [5.74, 6) is 0.0421. The molecule has 3 N–H and O–H groups in total. The zero-order chi connectivity index (χ0) is 13.2. The van der Waals surface area contributed by atoms with Crippen molar-refractivity contribution in [3.8, 4) is 0 Å². The van der Waals surface area contributed by atoms with Crippen molar-refractivity contribution in [1.82, 2.24) is 5.32 Å². The van der Waals surface area contributed by atoms with Crippen molar-refractivity contribution in [3.63, 3.8) is 0 Å². The van der Waals surface area contributed by atoms with E-state index in [1.807, 2.05) is 0 Å². The Hall–Kier alpha value is -0.650. The molecule has 0 heterocycles. The molecule has 1 aliphatic rings. The smallest absolute Gasteiger partial charge is 0.222 e. The van der Waals surface area contributed by atoms with Gasteiger partial charge in [0.25, 0.3) is 0 Å². The van der Waals surface area contributed by atoms with E-state index in [-0.39, 0.29) is 5.91 Å². The predicted octanol–water partition coefficient (Wildman–Crippen LogP) is 0.816. The van der Waals surface area contributed by atoms with Gasteiger partial charge in [0.05, 0.1) is 12.7 Å². The summed E-state index contributed by atoms with van der Waals surface area (Å²) < 4.78 is 10.6. The molecule has 1 amide bonds. The average Bonchev–Trinajstić information content (AvgIpc) is 2.38. The fraction of sp³-hybridized carbons (Fsp3) is 0.923. The summed E-state index contributed by atoms with van der Waals surface area (Å²) in [6.07, 6.45) is 5.94. The van der Waals surface area contributed by atoms with E-state index in [2.05, 4.69) is 5.32 Å². The van der Waals surface area contributed by atoms with Crippen LogP contribution in [0.5, 0.6) is 0 Å². The molecule has 5 heteroatoms. The number of nitrogens with one attached hydrogen (secondary N) is 1. The standard InChI is InChI=1S/C13H26N2O3/c1-17-10-7-13(16)15-8-2-9-18-12-5-3-11(14)4-6-12/h11-12H,2-10,14H2,1H3,(H,15,16). The monoisotopic (exact) mass is 258 g/mol. The number of carbonyl (C=O) groups excluding carboxylic acids is 1. The molecule has 0 saturated heterocycles. The minimum Gasteiger partial charge on any atom is -0.384 e. The topological polar surface area (TPSA) is 73.6 Å². The fourth-order valence-electron chi connectivity index (χ4n) is 2.09. The highest BCUT2D eigenvalue weighted by molar-refractivity contribution is 5.75. The Morgan fingerprint density at radius 3 is 2.67 bits per heavy atom. The van der Waals surface area contributed by atoms with Gasteiger partial charge in [-0.2, -0.15) is 0 Å². The lowest BCUT2D eigenvalue weighted by molar-refractivity contribution is -0.122. The summed E-state index contributed by atoms with van der Waals surface area (Å²) >= 11 is 0. The van der Waals surface area contributed by atoms with E-state index < -0.39 is 0 Å². The molecule has 1 rings (SSSR count). The second-order valence-corrected chi connectivity index (χ2v) is 4.85. The first kappa shape index (κ1) is 15.4.